The molecule has 3 heteroatoms. The molecule has 0 radical (unpaired) electrons. The Morgan fingerprint density at radius 3 is 2.42 bits per heavy atom. The molecule has 0 amide bonds. The first kappa shape index (κ1) is 13.3. The van der Waals surface area contributed by atoms with E-state index in [1.54, 1.807) is 0 Å². The van der Waals surface area contributed by atoms with Gasteiger partial charge in [-0.2, -0.15) is 0 Å². The minimum atomic E-state index is 1.06. The molecular weight excluding hydrogens is 460 g/mol. The first-order chi connectivity index (χ1) is 9.16. The van der Waals surface area contributed by atoms with E-state index in [1.165, 1.54) is 25.6 Å². The van der Waals surface area contributed by atoms with Gasteiger partial charge in [-0.1, -0.05) is 42.0 Å². The van der Waals surface area contributed by atoms with E-state index in [2.05, 4.69) is 94.6 Å². The summed E-state index contributed by atoms with van der Waals surface area (Å²) in [6.45, 7) is 2.12. The van der Waals surface area contributed by atoms with E-state index in [0.29, 0.717) is 0 Å². The lowest BCUT2D eigenvalue weighted by Crippen LogP contribution is -1.94. The molecule has 1 nitrogen and oxygen atoms in total. The Bertz CT molecular complexity index is 752. The average Bonchev–Trinajstić information content (AvgIpc) is 2.41. The molecule has 0 aliphatic rings. The molecule has 0 bridgehead atoms. The fraction of sp³-hybridized carbons (Fsp3) is 0.0625. The van der Waals surface area contributed by atoms with Gasteiger partial charge in [-0.05, 0) is 69.8 Å². The zero-order chi connectivity index (χ0) is 13.4. The molecular formula is C16H11I2N. The Balaban J connectivity index is 2.37. The summed E-state index contributed by atoms with van der Waals surface area (Å²) in [5, 5.41) is 1.24. The normalized spacial score (nSPS) is 10.9. The van der Waals surface area contributed by atoms with Gasteiger partial charge in [0.25, 0.3) is 0 Å². The van der Waals surface area contributed by atoms with Crippen LogP contribution < -0.4 is 0 Å². The summed E-state index contributed by atoms with van der Waals surface area (Å²) in [4.78, 5) is 4.74. The van der Waals surface area contributed by atoms with Gasteiger partial charge in [0.05, 0.1) is 5.52 Å². The molecule has 0 unspecified atom stereocenters. The maximum Gasteiger partial charge on any atom is 0.110 e. The van der Waals surface area contributed by atoms with E-state index in [4.69, 9.17) is 4.98 Å². The lowest BCUT2D eigenvalue weighted by Gasteiger charge is -2.11. The van der Waals surface area contributed by atoms with E-state index in [1.807, 2.05) is 6.07 Å². The first-order valence-electron chi connectivity index (χ1n) is 5.97. The molecule has 0 saturated carbocycles. The smallest absolute Gasteiger partial charge is 0.110 e. The topological polar surface area (TPSA) is 12.9 Å². The maximum atomic E-state index is 4.74. The Morgan fingerprint density at radius 1 is 0.947 bits per heavy atom. The molecule has 0 N–H and O–H groups in total. The van der Waals surface area contributed by atoms with Crippen LogP contribution in [-0.2, 0) is 0 Å². The predicted molar refractivity (Wildman–Crippen MR) is 97.4 cm³/mol. The molecule has 94 valence electrons. The lowest BCUT2D eigenvalue weighted by atomic mass is 10.0. The molecule has 2 aromatic carbocycles. The minimum Gasteiger partial charge on any atom is -0.241 e. The van der Waals surface area contributed by atoms with Gasteiger partial charge in [-0.15, -0.1) is 0 Å². The number of rotatable bonds is 1. The van der Waals surface area contributed by atoms with Crippen LogP contribution in [-0.4, -0.2) is 4.98 Å². The molecule has 0 saturated heterocycles. The van der Waals surface area contributed by atoms with Gasteiger partial charge in [0, 0.05) is 14.5 Å². The monoisotopic (exact) mass is 471 g/mol. The molecule has 1 aromatic heterocycles. The van der Waals surface area contributed by atoms with Gasteiger partial charge in [0.1, 0.15) is 3.70 Å². The van der Waals surface area contributed by atoms with Gasteiger partial charge in [-0.25, -0.2) is 4.98 Å². The fourth-order valence-electron chi connectivity index (χ4n) is 2.16. The molecule has 19 heavy (non-hydrogen) atoms. The number of hydrogen-bond acceptors (Lipinski definition) is 1. The summed E-state index contributed by atoms with van der Waals surface area (Å²) in [6, 6.07) is 16.9. The lowest BCUT2D eigenvalue weighted by molar-refractivity contribution is 1.32. The van der Waals surface area contributed by atoms with E-state index in [9.17, 15) is 0 Å². The summed E-state index contributed by atoms with van der Waals surface area (Å²) in [5.41, 5.74) is 4.80. The Hall–Kier alpha value is -0.690. The van der Waals surface area contributed by atoms with E-state index in [0.717, 1.165) is 9.22 Å². The predicted octanol–water partition coefficient (Wildman–Crippen LogP) is 5.42. The highest BCUT2D eigenvalue weighted by Crippen LogP contribution is 2.34. The summed E-state index contributed by atoms with van der Waals surface area (Å²) in [5.74, 6) is 0. The SMILES string of the molecule is Cc1ccc2nc(I)c(-c3ccccc3)c(I)c2c1. The number of hydrogen-bond donors (Lipinski definition) is 0. The highest BCUT2D eigenvalue weighted by molar-refractivity contribution is 14.1. The van der Waals surface area contributed by atoms with Crippen molar-refractivity contribution in [1.29, 1.82) is 0 Å². The number of benzene rings is 2. The van der Waals surface area contributed by atoms with Crippen molar-refractivity contribution in [2.24, 2.45) is 0 Å². The second-order valence-corrected chi connectivity index (χ2v) is 6.58. The molecule has 3 rings (SSSR count). The third-order valence-electron chi connectivity index (χ3n) is 3.10. The van der Waals surface area contributed by atoms with Crippen molar-refractivity contribution in [3.05, 3.63) is 61.4 Å². The van der Waals surface area contributed by atoms with Crippen molar-refractivity contribution in [3.8, 4) is 11.1 Å². The molecule has 0 atom stereocenters. The van der Waals surface area contributed by atoms with Crippen LogP contribution in [0, 0.1) is 14.2 Å². The zero-order valence-electron chi connectivity index (χ0n) is 10.3. The second kappa shape index (κ2) is 5.36. The Morgan fingerprint density at radius 2 is 1.68 bits per heavy atom. The number of pyridine rings is 1. The highest BCUT2D eigenvalue weighted by atomic mass is 127. The van der Waals surface area contributed by atoms with Crippen molar-refractivity contribution in [3.63, 3.8) is 0 Å². The fourth-order valence-corrected chi connectivity index (χ4v) is 4.52. The van der Waals surface area contributed by atoms with Crippen molar-refractivity contribution in [2.75, 3.05) is 0 Å². The third kappa shape index (κ3) is 2.50. The van der Waals surface area contributed by atoms with E-state index < -0.39 is 0 Å². The Kier molecular flexibility index (Phi) is 3.75. The minimum absolute atomic E-state index is 1.06. The van der Waals surface area contributed by atoms with Crippen molar-refractivity contribution >= 4 is 56.1 Å². The largest absolute Gasteiger partial charge is 0.241 e. The molecule has 0 aliphatic carbocycles. The van der Waals surface area contributed by atoms with Gasteiger partial charge >= 0.3 is 0 Å². The number of fused-ring (bicyclic) bond motifs is 1. The van der Waals surface area contributed by atoms with Crippen LogP contribution in [0.2, 0.25) is 0 Å². The summed E-state index contributed by atoms with van der Waals surface area (Å²) >= 11 is 4.77. The number of nitrogens with zero attached hydrogens (tertiary/aromatic N) is 1. The molecule has 0 spiro atoms. The van der Waals surface area contributed by atoms with Crippen molar-refractivity contribution in [1.82, 2.24) is 4.98 Å². The molecule has 0 fully saturated rings. The van der Waals surface area contributed by atoms with Crippen LogP contribution in [0.15, 0.2) is 48.5 Å². The Labute approximate surface area is 139 Å². The van der Waals surface area contributed by atoms with Gasteiger partial charge in [0.15, 0.2) is 0 Å². The van der Waals surface area contributed by atoms with Crippen LogP contribution in [0.1, 0.15) is 5.56 Å². The van der Waals surface area contributed by atoms with Crippen LogP contribution in [0.5, 0.6) is 0 Å². The zero-order valence-corrected chi connectivity index (χ0v) is 14.6. The number of aryl methyl sites for hydroxylation is 1. The second-order valence-electron chi connectivity index (χ2n) is 4.48. The van der Waals surface area contributed by atoms with Crippen molar-refractivity contribution in [2.45, 2.75) is 6.92 Å². The quantitative estimate of drug-likeness (QED) is 0.342. The summed E-state index contributed by atoms with van der Waals surface area (Å²) < 4.78 is 2.34. The van der Waals surface area contributed by atoms with Gasteiger partial charge in [0.2, 0.25) is 0 Å². The van der Waals surface area contributed by atoms with E-state index in [-0.39, 0.29) is 0 Å². The average molecular weight is 471 g/mol. The summed E-state index contributed by atoms with van der Waals surface area (Å²) in [6.07, 6.45) is 0. The third-order valence-corrected chi connectivity index (χ3v) is 5.00. The van der Waals surface area contributed by atoms with Crippen LogP contribution in [0.3, 0.4) is 0 Å². The van der Waals surface area contributed by atoms with Crippen LogP contribution in [0.4, 0.5) is 0 Å². The molecule has 0 aliphatic heterocycles. The highest BCUT2D eigenvalue weighted by Gasteiger charge is 2.13. The number of halogens is 2. The van der Waals surface area contributed by atoms with Gasteiger partial charge < -0.3 is 0 Å². The van der Waals surface area contributed by atoms with Gasteiger partial charge in [-0.3, -0.25) is 0 Å². The maximum absolute atomic E-state index is 4.74. The number of aromatic nitrogens is 1. The summed E-state index contributed by atoms with van der Waals surface area (Å²) in [7, 11) is 0. The van der Waals surface area contributed by atoms with E-state index >= 15 is 0 Å². The standard InChI is InChI=1S/C16H11I2N/c1-10-7-8-13-12(9-10)15(17)14(16(18)19-13)11-5-3-2-4-6-11/h2-9H,1H3. The van der Waals surface area contributed by atoms with Crippen LogP contribution >= 0.6 is 45.2 Å². The van der Waals surface area contributed by atoms with Crippen LogP contribution in [0.25, 0.3) is 22.0 Å². The first-order valence-corrected chi connectivity index (χ1v) is 8.13. The van der Waals surface area contributed by atoms with Crippen molar-refractivity contribution < 1.29 is 0 Å². The molecule has 3 aromatic rings. The molecule has 1 heterocycles.